The number of para-hydroxylation sites is 2. The number of amides is 1. The second-order valence-corrected chi connectivity index (χ2v) is 5.24. The molecule has 3 rings (SSSR count). The Bertz CT molecular complexity index is 472. The second-order valence-electron chi connectivity index (χ2n) is 5.24. The van der Waals surface area contributed by atoms with E-state index in [1.165, 1.54) is 12.8 Å². The molecule has 2 aliphatic heterocycles. The molecule has 1 aromatic carbocycles. The van der Waals surface area contributed by atoms with Crippen molar-refractivity contribution in [3.05, 3.63) is 24.3 Å². The summed E-state index contributed by atoms with van der Waals surface area (Å²) in [5.74, 6) is 1.24. The largest absolute Gasteiger partial charge is 0.485 e. The fraction of sp³-hybridized carbons (Fsp3) is 0.533. The molecule has 5 heteroatoms. The summed E-state index contributed by atoms with van der Waals surface area (Å²) in [7, 11) is 0. The molecule has 5 nitrogen and oxygen atoms in total. The first-order valence-corrected chi connectivity index (χ1v) is 7.22. The van der Waals surface area contributed by atoms with E-state index in [9.17, 15) is 4.79 Å². The van der Waals surface area contributed by atoms with Gasteiger partial charge in [0.2, 0.25) is 6.10 Å². The molecule has 0 spiro atoms. The van der Waals surface area contributed by atoms with Crippen LogP contribution in [-0.4, -0.2) is 37.7 Å². The van der Waals surface area contributed by atoms with E-state index in [1.54, 1.807) is 0 Å². The fourth-order valence-corrected chi connectivity index (χ4v) is 2.64. The number of carbonyl (C=O) groups excluding carboxylic acids is 1. The molecule has 0 aromatic heterocycles. The third-order valence-corrected chi connectivity index (χ3v) is 3.76. The lowest BCUT2D eigenvalue weighted by molar-refractivity contribution is -0.130. The van der Waals surface area contributed by atoms with E-state index in [4.69, 9.17) is 9.47 Å². The summed E-state index contributed by atoms with van der Waals surface area (Å²) in [6.07, 6.45) is 2.85. The lowest BCUT2D eigenvalue weighted by atomic mass is 10.1. The number of ether oxygens (including phenoxy) is 2. The molecule has 0 bridgehead atoms. The van der Waals surface area contributed by atoms with E-state index < -0.39 is 6.10 Å². The number of benzene rings is 1. The molecule has 2 unspecified atom stereocenters. The van der Waals surface area contributed by atoms with Crippen molar-refractivity contribution in [1.29, 1.82) is 0 Å². The average Bonchev–Trinajstić information content (AvgIpc) is 3.00. The minimum absolute atomic E-state index is 0.0995. The van der Waals surface area contributed by atoms with Crippen LogP contribution in [0.5, 0.6) is 11.5 Å². The fourth-order valence-electron chi connectivity index (χ4n) is 2.64. The van der Waals surface area contributed by atoms with Gasteiger partial charge in [0, 0.05) is 12.6 Å². The Morgan fingerprint density at radius 2 is 2.20 bits per heavy atom. The monoisotopic (exact) mass is 276 g/mol. The Hall–Kier alpha value is -1.75. The molecule has 0 aliphatic carbocycles. The third kappa shape index (κ3) is 3.04. The summed E-state index contributed by atoms with van der Waals surface area (Å²) >= 11 is 0. The van der Waals surface area contributed by atoms with Crippen LogP contribution in [0.1, 0.15) is 19.3 Å². The molecule has 108 valence electrons. The van der Waals surface area contributed by atoms with Crippen LogP contribution < -0.4 is 20.1 Å². The number of nitrogens with one attached hydrogen (secondary N) is 2. The van der Waals surface area contributed by atoms with Crippen molar-refractivity contribution in [2.75, 3.05) is 19.7 Å². The first kappa shape index (κ1) is 13.2. The van der Waals surface area contributed by atoms with Gasteiger partial charge in [-0.2, -0.15) is 0 Å². The summed E-state index contributed by atoms with van der Waals surface area (Å²) in [4.78, 5) is 12.0. The summed E-state index contributed by atoms with van der Waals surface area (Å²) in [5, 5.41) is 6.34. The molecule has 0 saturated carbocycles. The lowest BCUT2D eigenvalue weighted by Gasteiger charge is -2.25. The molecular weight excluding hydrogens is 256 g/mol. The SMILES string of the molecule is O=C(NCCC1CCCN1)C1COc2ccccc2O1. The zero-order valence-electron chi connectivity index (χ0n) is 11.4. The Balaban J connectivity index is 1.46. The van der Waals surface area contributed by atoms with Gasteiger partial charge < -0.3 is 20.1 Å². The van der Waals surface area contributed by atoms with Crippen LogP contribution in [0.15, 0.2) is 24.3 Å². The minimum Gasteiger partial charge on any atom is -0.485 e. The highest BCUT2D eigenvalue weighted by Gasteiger charge is 2.27. The Morgan fingerprint density at radius 1 is 1.35 bits per heavy atom. The zero-order chi connectivity index (χ0) is 13.8. The first-order chi connectivity index (χ1) is 9.83. The Labute approximate surface area is 118 Å². The Morgan fingerprint density at radius 3 is 3.00 bits per heavy atom. The van der Waals surface area contributed by atoms with Gasteiger partial charge in [-0.1, -0.05) is 12.1 Å². The summed E-state index contributed by atoms with van der Waals surface area (Å²) in [6.45, 7) is 2.04. The predicted molar refractivity (Wildman–Crippen MR) is 75.0 cm³/mol. The number of hydrogen-bond donors (Lipinski definition) is 2. The normalized spacial score (nSPS) is 24.4. The summed E-state index contributed by atoms with van der Waals surface area (Å²) in [6, 6.07) is 7.96. The van der Waals surface area contributed by atoms with Gasteiger partial charge in [-0.15, -0.1) is 0 Å². The molecule has 20 heavy (non-hydrogen) atoms. The second kappa shape index (κ2) is 6.13. The van der Waals surface area contributed by atoms with Crippen molar-refractivity contribution in [3.63, 3.8) is 0 Å². The van der Waals surface area contributed by atoms with Crippen LogP contribution in [0.3, 0.4) is 0 Å². The standard InChI is InChI=1S/C15H20N2O3/c18-15(17-9-7-11-4-3-8-16-11)14-10-19-12-5-1-2-6-13(12)20-14/h1-2,5-6,11,14,16H,3-4,7-10H2,(H,17,18). The predicted octanol–water partition coefficient (Wildman–Crippen LogP) is 1.08. The van der Waals surface area contributed by atoms with E-state index >= 15 is 0 Å². The zero-order valence-corrected chi connectivity index (χ0v) is 11.4. The van der Waals surface area contributed by atoms with E-state index in [1.807, 2.05) is 24.3 Å². The summed E-state index contributed by atoms with van der Waals surface area (Å²) < 4.78 is 11.2. The maximum atomic E-state index is 12.0. The van der Waals surface area contributed by atoms with Gasteiger partial charge in [0.05, 0.1) is 0 Å². The number of carbonyl (C=O) groups is 1. The molecule has 2 heterocycles. The van der Waals surface area contributed by atoms with Crippen molar-refractivity contribution < 1.29 is 14.3 Å². The number of hydrogen-bond acceptors (Lipinski definition) is 4. The highest BCUT2D eigenvalue weighted by Crippen LogP contribution is 2.30. The molecular formula is C15H20N2O3. The average molecular weight is 276 g/mol. The van der Waals surface area contributed by atoms with Crippen LogP contribution in [-0.2, 0) is 4.79 Å². The van der Waals surface area contributed by atoms with E-state index in [2.05, 4.69) is 10.6 Å². The quantitative estimate of drug-likeness (QED) is 0.864. The van der Waals surface area contributed by atoms with E-state index in [0.29, 0.717) is 24.1 Å². The molecule has 2 atom stereocenters. The maximum absolute atomic E-state index is 12.0. The first-order valence-electron chi connectivity index (χ1n) is 7.22. The molecule has 2 N–H and O–H groups in total. The molecule has 1 saturated heterocycles. The van der Waals surface area contributed by atoms with E-state index in [-0.39, 0.29) is 12.5 Å². The van der Waals surface area contributed by atoms with Gasteiger partial charge in [-0.25, -0.2) is 0 Å². The van der Waals surface area contributed by atoms with Crippen LogP contribution in [0.2, 0.25) is 0 Å². The smallest absolute Gasteiger partial charge is 0.264 e. The third-order valence-electron chi connectivity index (χ3n) is 3.76. The molecule has 1 aromatic rings. The molecule has 0 radical (unpaired) electrons. The Kier molecular flexibility index (Phi) is 4.06. The summed E-state index contributed by atoms with van der Waals surface area (Å²) in [5.41, 5.74) is 0. The highest BCUT2D eigenvalue weighted by molar-refractivity contribution is 5.81. The van der Waals surface area contributed by atoms with Gasteiger partial charge in [-0.3, -0.25) is 4.79 Å². The van der Waals surface area contributed by atoms with Gasteiger partial charge in [-0.05, 0) is 37.9 Å². The molecule has 2 aliphatic rings. The van der Waals surface area contributed by atoms with Crippen LogP contribution in [0, 0.1) is 0 Å². The van der Waals surface area contributed by atoms with Gasteiger partial charge in [0.15, 0.2) is 11.5 Å². The number of fused-ring (bicyclic) bond motifs is 1. The van der Waals surface area contributed by atoms with Crippen molar-refractivity contribution >= 4 is 5.91 Å². The van der Waals surface area contributed by atoms with Crippen molar-refractivity contribution in [2.24, 2.45) is 0 Å². The molecule has 1 amide bonds. The van der Waals surface area contributed by atoms with Gasteiger partial charge in [0.25, 0.3) is 5.91 Å². The molecule has 1 fully saturated rings. The maximum Gasteiger partial charge on any atom is 0.264 e. The van der Waals surface area contributed by atoms with E-state index in [0.717, 1.165) is 13.0 Å². The van der Waals surface area contributed by atoms with Gasteiger partial charge >= 0.3 is 0 Å². The van der Waals surface area contributed by atoms with Gasteiger partial charge in [0.1, 0.15) is 6.61 Å². The minimum atomic E-state index is -0.554. The van der Waals surface area contributed by atoms with Crippen molar-refractivity contribution in [3.8, 4) is 11.5 Å². The highest BCUT2D eigenvalue weighted by atomic mass is 16.6. The lowest BCUT2D eigenvalue weighted by Crippen LogP contribution is -2.44. The number of rotatable bonds is 4. The van der Waals surface area contributed by atoms with Crippen LogP contribution in [0.4, 0.5) is 0 Å². The van der Waals surface area contributed by atoms with Crippen LogP contribution in [0.25, 0.3) is 0 Å². The van der Waals surface area contributed by atoms with Crippen molar-refractivity contribution in [2.45, 2.75) is 31.4 Å². The van der Waals surface area contributed by atoms with Crippen molar-refractivity contribution in [1.82, 2.24) is 10.6 Å². The topological polar surface area (TPSA) is 59.6 Å². The van der Waals surface area contributed by atoms with Crippen LogP contribution >= 0.6 is 0 Å².